The highest BCUT2D eigenvalue weighted by Gasteiger charge is 2.16. The molecule has 0 amide bonds. The van der Waals surface area contributed by atoms with Crippen molar-refractivity contribution < 1.29 is 23.4 Å². The first-order chi connectivity index (χ1) is 9.65. The van der Waals surface area contributed by atoms with Gasteiger partial charge in [0.1, 0.15) is 6.61 Å². The van der Waals surface area contributed by atoms with Crippen LogP contribution in [0.3, 0.4) is 0 Å². The van der Waals surface area contributed by atoms with Crippen molar-refractivity contribution in [2.75, 3.05) is 19.8 Å². The van der Waals surface area contributed by atoms with Crippen LogP contribution in [0.1, 0.15) is 19.3 Å². The van der Waals surface area contributed by atoms with Crippen LogP contribution in [0.15, 0.2) is 22.7 Å². The monoisotopic (exact) mass is 346 g/mol. The minimum absolute atomic E-state index is 0.0269. The van der Waals surface area contributed by atoms with Crippen molar-refractivity contribution in [2.24, 2.45) is 0 Å². The number of carbonyl (C=O) groups is 1. The van der Waals surface area contributed by atoms with E-state index in [2.05, 4.69) is 15.9 Å². The zero-order chi connectivity index (χ0) is 14.4. The van der Waals surface area contributed by atoms with E-state index in [0.717, 1.165) is 19.3 Å². The van der Waals surface area contributed by atoms with E-state index < -0.39 is 11.8 Å². The van der Waals surface area contributed by atoms with Crippen molar-refractivity contribution in [2.45, 2.75) is 25.4 Å². The highest BCUT2D eigenvalue weighted by molar-refractivity contribution is 9.10. The molecule has 1 aromatic carbocycles. The van der Waals surface area contributed by atoms with Crippen LogP contribution in [0.4, 0.5) is 4.39 Å². The van der Waals surface area contributed by atoms with Crippen LogP contribution in [0.25, 0.3) is 0 Å². The highest BCUT2D eigenvalue weighted by Crippen LogP contribution is 2.21. The zero-order valence-electron chi connectivity index (χ0n) is 10.9. The standard InChI is InChI=1S/C14H16BrFO4/c15-10-4-5-13(12(16)7-10)19-9-14(17)20-8-11-3-1-2-6-18-11/h4-5,7,11H,1-3,6,8-9H2. The normalized spacial score (nSPS) is 18.6. The first kappa shape index (κ1) is 15.3. The SMILES string of the molecule is O=C(COc1ccc(Br)cc1F)OCC1CCCCO1. The van der Waals surface area contributed by atoms with Gasteiger partial charge >= 0.3 is 5.97 Å². The Labute approximate surface area is 125 Å². The van der Waals surface area contributed by atoms with Crippen molar-refractivity contribution in [1.82, 2.24) is 0 Å². The maximum Gasteiger partial charge on any atom is 0.344 e. The summed E-state index contributed by atoms with van der Waals surface area (Å²) in [5, 5.41) is 0. The van der Waals surface area contributed by atoms with E-state index in [0.29, 0.717) is 11.1 Å². The van der Waals surface area contributed by atoms with Crippen molar-refractivity contribution in [1.29, 1.82) is 0 Å². The third-order valence-electron chi connectivity index (χ3n) is 2.94. The van der Waals surface area contributed by atoms with Crippen LogP contribution >= 0.6 is 15.9 Å². The second-order valence-electron chi connectivity index (χ2n) is 4.54. The second kappa shape index (κ2) is 7.59. The van der Waals surface area contributed by atoms with Crippen LogP contribution in [0.5, 0.6) is 5.75 Å². The predicted octanol–water partition coefficient (Wildman–Crippen LogP) is 3.08. The summed E-state index contributed by atoms with van der Waals surface area (Å²) in [5.74, 6) is -1.02. The molecule has 0 aliphatic carbocycles. The summed E-state index contributed by atoms with van der Waals surface area (Å²) >= 11 is 3.14. The number of rotatable bonds is 5. The lowest BCUT2D eigenvalue weighted by molar-refractivity contribution is -0.151. The van der Waals surface area contributed by atoms with Gasteiger partial charge in [-0.1, -0.05) is 15.9 Å². The smallest absolute Gasteiger partial charge is 0.344 e. The molecule has 0 radical (unpaired) electrons. The van der Waals surface area contributed by atoms with Gasteiger partial charge in [0, 0.05) is 11.1 Å². The number of esters is 1. The number of hydrogen-bond donors (Lipinski definition) is 0. The largest absolute Gasteiger partial charge is 0.479 e. The minimum atomic E-state index is -0.526. The lowest BCUT2D eigenvalue weighted by Crippen LogP contribution is -2.27. The second-order valence-corrected chi connectivity index (χ2v) is 5.45. The quantitative estimate of drug-likeness (QED) is 0.768. The Kier molecular flexibility index (Phi) is 5.79. The average Bonchev–Trinajstić information content (AvgIpc) is 2.45. The fourth-order valence-electron chi connectivity index (χ4n) is 1.90. The van der Waals surface area contributed by atoms with Gasteiger partial charge in [0.25, 0.3) is 0 Å². The molecule has 4 nitrogen and oxygen atoms in total. The van der Waals surface area contributed by atoms with Gasteiger partial charge in [-0.05, 0) is 37.5 Å². The molecular weight excluding hydrogens is 331 g/mol. The van der Waals surface area contributed by atoms with E-state index in [4.69, 9.17) is 14.2 Å². The van der Waals surface area contributed by atoms with Gasteiger partial charge in [-0.15, -0.1) is 0 Å². The number of halogens is 2. The van der Waals surface area contributed by atoms with Gasteiger partial charge in [0.2, 0.25) is 0 Å². The number of benzene rings is 1. The van der Waals surface area contributed by atoms with Gasteiger partial charge in [-0.2, -0.15) is 0 Å². The molecule has 1 fully saturated rings. The topological polar surface area (TPSA) is 44.8 Å². The minimum Gasteiger partial charge on any atom is -0.479 e. The van der Waals surface area contributed by atoms with Gasteiger partial charge in [-0.25, -0.2) is 9.18 Å². The van der Waals surface area contributed by atoms with Crippen LogP contribution < -0.4 is 4.74 Å². The summed E-state index contributed by atoms with van der Waals surface area (Å²) in [7, 11) is 0. The van der Waals surface area contributed by atoms with Crippen LogP contribution in [-0.2, 0) is 14.3 Å². The molecule has 110 valence electrons. The number of carbonyl (C=O) groups excluding carboxylic acids is 1. The molecule has 0 aromatic heterocycles. The van der Waals surface area contributed by atoms with E-state index in [9.17, 15) is 9.18 Å². The van der Waals surface area contributed by atoms with E-state index in [1.54, 1.807) is 6.07 Å². The van der Waals surface area contributed by atoms with Gasteiger partial charge < -0.3 is 14.2 Å². The fourth-order valence-corrected chi connectivity index (χ4v) is 2.23. The van der Waals surface area contributed by atoms with Gasteiger partial charge in [0.05, 0.1) is 6.10 Å². The first-order valence-corrected chi connectivity index (χ1v) is 7.29. The highest BCUT2D eigenvalue weighted by atomic mass is 79.9. The van der Waals surface area contributed by atoms with Crippen molar-refractivity contribution in [3.63, 3.8) is 0 Å². The van der Waals surface area contributed by atoms with E-state index in [1.807, 2.05) is 0 Å². The Morgan fingerprint density at radius 1 is 1.45 bits per heavy atom. The Hall–Kier alpha value is -1.14. The number of ether oxygens (including phenoxy) is 3. The molecule has 1 heterocycles. The Balaban J connectivity index is 1.71. The summed E-state index contributed by atoms with van der Waals surface area (Å²) < 4.78 is 29.6. The Bertz CT molecular complexity index is 460. The molecule has 1 aliphatic heterocycles. The summed E-state index contributed by atoms with van der Waals surface area (Å²) in [5.41, 5.74) is 0. The molecule has 0 saturated carbocycles. The Morgan fingerprint density at radius 2 is 2.30 bits per heavy atom. The zero-order valence-corrected chi connectivity index (χ0v) is 12.5. The van der Waals surface area contributed by atoms with E-state index in [-0.39, 0.29) is 25.1 Å². The molecule has 0 bridgehead atoms. The Morgan fingerprint density at radius 3 is 3.00 bits per heavy atom. The average molecular weight is 347 g/mol. The molecule has 1 aromatic rings. The molecule has 1 atom stereocenters. The summed E-state index contributed by atoms with van der Waals surface area (Å²) in [6.45, 7) is 0.624. The number of hydrogen-bond acceptors (Lipinski definition) is 4. The van der Waals surface area contributed by atoms with Crippen molar-refractivity contribution in [3.05, 3.63) is 28.5 Å². The molecule has 6 heteroatoms. The summed E-state index contributed by atoms with van der Waals surface area (Å²) in [6.07, 6.45) is 3.01. The van der Waals surface area contributed by atoms with Crippen LogP contribution in [0, 0.1) is 5.82 Å². The fraction of sp³-hybridized carbons (Fsp3) is 0.500. The van der Waals surface area contributed by atoms with E-state index >= 15 is 0 Å². The van der Waals surface area contributed by atoms with Crippen LogP contribution in [-0.4, -0.2) is 31.9 Å². The third-order valence-corrected chi connectivity index (χ3v) is 3.44. The predicted molar refractivity (Wildman–Crippen MR) is 74.1 cm³/mol. The molecule has 1 aliphatic rings. The molecule has 0 N–H and O–H groups in total. The van der Waals surface area contributed by atoms with Gasteiger partial charge in [0.15, 0.2) is 18.2 Å². The summed E-state index contributed by atoms with van der Waals surface area (Å²) in [6, 6.07) is 4.37. The maximum atomic E-state index is 13.5. The lowest BCUT2D eigenvalue weighted by Gasteiger charge is -2.22. The van der Waals surface area contributed by atoms with Crippen molar-refractivity contribution >= 4 is 21.9 Å². The van der Waals surface area contributed by atoms with Crippen LogP contribution in [0.2, 0.25) is 0 Å². The third kappa shape index (κ3) is 4.76. The lowest BCUT2D eigenvalue weighted by atomic mass is 10.1. The molecular formula is C14H16BrFO4. The molecule has 20 heavy (non-hydrogen) atoms. The summed E-state index contributed by atoms with van der Waals surface area (Å²) in [4.78, 5) is 11.5. The molecule has 0 spiro atoms. The van der Waals surface area contributed by atoms with Crippen molar-refractivity contribution in [3.8, 4) is 5.75 Å². The molecule has 1 unspecified atom stereocenters. The molecule has 1 saturated heterocycles. The van der Waals surface area contributed by atoms with Gasteiger partial charge in [-0.3, -0.25) is 0 Å². The molecule has 2 rings (SSSR count). The first-order valence-electron chi connectivity index (χ1n) is 6.50. The maximum absolute atomic E-state index is 13.5. The van der Waals surface area contributed by atoms with E-state index in [1.165, 1.54) is 12.1 Å².